The molecule has 0 aliphatic rings. The van der Waals surface area contributed by atoms with E-state index < -0.39 is 6.10 Å². The molecular weight excluding hydrogens is 260 g/mol. The Labute approximate surface area is 96.8 Å². The topological polar surface area (TPSA) is 62.2 Å². The van der Waals surface area contributed by atoms with Gasteiger partial charge in [-0.15, -0.1) is 0 Å². The Morgan fingerprint density at radius 1 is 1.67 bits per heavy atom. The minimum absolute atomic E-state index is 0.235. The van der Waals surface area contributed by atoms with Gasteiger partial charge in [0.25, 0.3) is 5.91 Å². The van der Waals surface area contributed by atoms with Gasteiger partial charge in [-0.3, -0.25) is 4.79 Å². The van der Waals surface area contributed by atoms with Crippen molar-refractivity contribution < 1.29 is 9.90 Å². The number of aryl methyl sites for hydroxylation is 1. The summed E-state index contributed by atoms with van der Waals surface area (Å²) in [4.78, 5) is 15.7. The van der Waals surface area contributed by atoms with Crippen molar-refractivity contribution in [3.8, 4) is 0 Å². The first-order valence-corrected chi connectivity index (χ1v) is 5.39. The maximum Gasteiger partial charge on any atom is 0.254 e. The van der Waals surface area contributed by atoms with Gasteiger partial charge in [-0.05, 0) is 41.9 Å². The SMILES string of the molecule is Cc1ccc(C(=O)NCC(C)O)c(Br)n1. The number of carbonyl (C=O) groups excluding carboxylic acids is 1. The molecule has 1 unspecified atom stereocenters. The molecular formula is C10H13BrN2O2. The maximum atomic E-state index is 11.6. The second-order valence-electron chi connectivity index (χ2n) is 3.35. The summed E-state index contributed by atoms with van der Waals surface area (Å²) in [6, 6.07) is 3.46. The number of halogens is 1. The van der Waals surface area contributed by atoms with E-state index in [-0.39, 0.29) is 12.5 Å². The lowest BCUT2D eigenvalue weighted by Gasteiger charge is -2.08. The molecule has 1 aromatic heterocycles. The highest BCUT2D eigenvalue weighted by molar-refractivity contribution is 9.10. The van der Waals surface area contributed by atoms with Crippen molar-refractivity contribution in [2.24, 2.45) is 0 Å². The molecule has 15 heavy (non-hydrogen) atoms. The lowest BCUT2D eigenvalue weighted by Crippen LogP contribution is -2.30. The highest BCUT2D eigenvalue weighted by atomic mass is 79.9. The van der Waals surface area contributed by atoms with Crippen LogP contribution >= 0.6 is 15.9 Å². The molecule has 1 atom stereocenters. The Hall–Kier alpha value is -0.940. The molecule has 0 spiro atoms. The molecule has 82 valence electrons. The van der Waals surface area contributed by atoms with Crippen LogP contribution in [0.2, 0.25) is 0 Å². The zero-order valence-corrected chi connectivity index (χ0v) is 10.2. The van der Waals surface area contributed by atoms with Gasteiger partial charge in [0.2, 0.25) is 0 Å². The third kappa shape index (κ3) is 3.60. The van der Waals surface area contributed by atoms with E-state index in [1.807, 2.05) is 6.92 Å². The summed E-state index contributed by atoms with van der Waals surface area (Å²) < 4.78 is 0.519. The molecule has 5 heteroatoms. The number of nitrogens with one attached hydrogen (secondary N) is 1. The fourth-order valence-electron chi connectivity index (χ4n) is 1.03. The number of aliphatic hydroxyl groups is 1. The minimum Gasteiger partial charge on any atom is -0.392 e. The molecule has 1 amide bonds. The molecule has 1 aromatic rings. The lowest BCUT2D eigenvalue weighted by molar-refractivity contribution is 0.0923. The van der Waals surface area contributed by atoms with Gasteiger partial charge >= 0.3 is 0 Å². The third-order valence-electron chi connectivity index (χ3n) is 1.79. The summed E-state index contributed by atoms with van der Waals surface area (Å²) in [6.07, 6.45) is -0.550. The zero-order valence-electron chi connectivity index (χ0n) is 8.62. The fourth-order valence-corrected chi connectivity index (χ4v) is 1.62. The summed E-state index contributed by atoms with van der Waals surface area (Å²) in [7, 11) is 0. The van der Waals surface area contributed by atoms with Gasteiger partial charge in [-0.1, -0.05) is 0 Å². The molecule has 0 aliphatic heterocycles. The minimum atomic E-state index is -0.550. The normalized spacial score (nSPS) is 12.3. The summed E-state index contributed by atoms with van der Waals surface area (Å²) in [5.41, 5.74) is 1.32. The van der Waals surface area contributed by atoms with Crippen LogP contribution in [-0.4, -0.2) is 28.6 Å². The number of carbonyl (C=O) groups is 1. The first-order chi connectivity index (χ1) is 7.00. The van der Waals surface area contributed by atoms with Crippen molar-refractivity contribution >= 4 is 21.8 Å². The zero-order chi connectivity index (χ0) is 11.4. The standard InChI is InChI=1S/C10H13BrN2O2/c1-6-3-4-8(9(11)13-6)10(15)12-5-7(2)14/h3-4,7,14H,5H2,1-2H3,(H,12,15). The van der Waals surface area contributed by atoms with E-state index in [0.717, 1.165) is 5.69 Å². The molecule has 0 radical (unpaired) electrons. The monoisotopic (exact) mass is 272 g/mol. The number of nitrogens with zero attached hydrogens (tertiary/aromatic N) is 1. The summed E-state index contributed by atoms with van der Waals surface area (Å²) in [6.45, 7) is 3.70. The number of pyridine rings is 1. The highest BCUT2D eigenvalue weighted by Gasteiger charge is 2.11. The largest absolute Gasteiger partial charge is 0.392 e. The predicted molar refractivity (Wildman–Crippen MR) is 60.7 cm³/mol. The number of aromatic nitrogens is 1. The number of aliphatic hydroxyl groups excluding tert-OH is 1. The van der Waals surface area contributed by atoms with E-state index in [4.69, 9.17) is 5.11 Å². The van der Waals surface area contributed by atoms with Crippen molar-refractivity contribution in [2.45, 2.75) is 20.0 Å². The number of hydrogen-bond acceptors (Lipinski definition) is 3. The Morgan fingerprint density at radius 2 is 2.33 bits per heavy atom. The molecule has 0 aromatic carbocycles. The number of amides is 1. The molecule has 0 saturated heterocycles. The van der Waals surface area contributed by atoms with Gasteiger partial charge in [0.15, 0.2) is 0 Å². The molecule has 1 heterocycles. The Balaban J connectivity index is 2.74. The molecule has 1 rings (SSSR count). The Bertz CT molecular complexity index is 366. The number of rotatable bonds is 3. The van der Waals surface area contributed by atoms with Crippen LogP contribution in [0.3, 0.4) is 0 Å². The van der Waals surface area contributed by atoms with Gasteiger partial charge < -0.3 is 10.4 Å². The second-order valence-corrected chi connectivity index (χ2v) is 4.10. The van der Waals surface area contributed by atoms with Crippen LogP contribution < -0.4 is 5.32 Å². The average Bonchev–Trinajstić information content (AvgIpc) is 2.14. The lowest BCUT2D eigenvalue weighted by atomic mass is 10.2. The molecule has 0 saturated carbocycles. The van der Waals surface area contributed by atoms with Crippen LogP contribution in [0.1, 0.15) is 23.0 Å². The van der Waals surface area contributed by atoms with Gasteiger partial charge in [0, 0.05) is 12.2 Å². The molecule has 0 fully saturated rings. The van der Waals surface area contributed by atoms with Crippen molar-refractivity contribution in [3.63, 3.8) is 0 Å². The third-order valence-corrected chi connectivity index (χ3v) is 2.40. The molecule has 0 bridgehead atoms. The average molecular weight is 273 g/mol. The van der Waals surface area contributed by atoms with Crippen LogP contribution in [0, 0.1) is 6.92 Å². The quantitative estimate of drug-likeness (QED) is 0.815. The Morgan fingerprint density at radius 3 is 2.87 bits per heavy atom. The fraction of sp³-hybridized carbons (Fsp3) is 0.400. The molecule has 2 N–H and O–H groups in total. The highest BCUT2D eigenvalue weighted by Crippen LogP contribution is 2.14. The van der Waals surface area contributed by atoms with Crippen molar-refractivity contribution in [1.29, 1.82) is 0 Å². The van der Waals surface area contributed by atoms with E-state index in [1.165, 1.54) is 0 Å². The van der Waals surface area contributed by atoms with Crippen molar-refractivity contribution in [1.82, 2.24) is 10.3 Å². The van der Waals surface area contributed by atoms with Gasteiger partial charge in [-0.2, -0.15) is 0 Å². The van der Waals surface area contributed by atoms with Crippen LogP contribution in [0.4, 0.5) is 0 Å². The van der Waals surface area contributed by atoms with Gasteiger partial charge in [0.1, 0.15) is 4.60 Å². The van der Waals surface area contributed by atoms with Crippen LogP contribution in [-0.2, 0) is 0 Å². The van der Waals surface area contributed by atoms with E-state index in [9.17, 15) is 4.79 Å². The maximum absolute atomic E-state index is 11.6. The first-order valence-electron chi connectivity index (χ1n) is 4.60. The van der Waals surface area contributed by atoms with E-state index in [2.05, 4.69) is 26.2 Å². The summed E-state index contributed by atoms with van der Waals surface area (Å²) in [5, 5.41) is 11.6. The van der Waals surface area contributed by atoms with E-state index in [1.54, 1.807) is 19.1 Å². The molecule has 4 nitrogen and oxygen atoms in total. The van der Waals surface area contributed by atoms with E-state index in [0.29, 0.717) is 10.2 Å². The van der Waals surface area contributed by atoms with Gasteiger partial charge in [-0.25, -0.2) is 4.98 Å². The van der Waals surface area contributed by atoms with E-state index >= 15 is 0 Å². The Kier molecular flexibility index (Phi) is 4.23. The summed E-state index contributed by atoms with van der Waals surface area (Å²) >= 11 is 3.22. The summed E-state index contributed by atoms with van der Waals surface area (Å²) in [5.74, 6) is -0.240. The van der Waals surface area contributed by atoms with Crippen LogP contribution in [0.5, 0.6) is 0 Å². The van der Waals surface area contributed by atoms with Crippen LogP contribution in [0.25, 0.3) is 0 Å². The van der Waals surface area contributed by atoms with Crippen molar-refractivity contribution in [2.75, 3.05) is 6.54 Å². The second kappa shape index (κ2) is 5.23. The first kappa shape index (κ1) is 12.1. The predicted octanol–water partition coefficient (Wildman–Crippen LogP) is 1.26. The molecule has 0 aliphatic carbocycles. The van der Waals surface area contributed by atoms with Crippen LogP contribution in [0.15, 0.2) is 16.7 Å². The van der Waals surface area contributed by atoms with Crippen molar-refractivity contribution in [3.05, 3.63) is 28.0 Å². The number of hydrogen-bond donors (Lipinski definition) is 2. The smallest absolute Gasteiger partial charge is 0.254 e. The van der Waals surface area contributed by atoms with Gasteiger partial charge in [0.05, 0.1) is 11.7 Å².